The van der Waals surface area contributed by atoms with E-state index in [4.69, 9.17) is 16.0 Å². The maximum absolute atomic E-state index is 13.2. The zero-order chi connectivity index (χ0) is 20.9. The van der Waals surface area contributed by atoms with E-state index >= 15 is 0 Å². The summed E-state index contributed by atoms with van der Waals surface area (Å²) in [4.78, 5) is 17.0. The van der Waals surface area contributed by atoms with Gasteiger partial charge in [-0.15, -0.1) is 0 Å². The van der Waals surface area contributed by atoms with E-state index in [0.29, 0.717) is 23.8 Å². The van der Waals surface area contributed by atoms with Crippen molar-refractivity contribution in [3.05, 3.63) is 95.6 Å². The number of anilines is 1. The lowest BCUT2D eigenvalue weighted by atomic mass is 10.1. The molecule has 1 amide bonds. The fourth-order valence-corrected chi connectivity index (χ4v) is 3.29. The van der Waals surface area contributed by atoms with Crippen LogP contribution in [0.15, 0.2) is 83.3 Å². The first-order chi connectivity index (χ1) is 14.6. The van der Waals surface area contributed by atoms with E-state index in [9.17, 15) is 9.18 Å². The average Bonchev–Trinajstić information content (AvgIpc) is 3.20. The van der Waals surface area contributed by atoms with Crippen LogP contribution in [0.4, 0.5) is 10.1 Å². The number of rotatable bonds is 6. The van der Waals surface area contributed by atoms with Gasteiger partial charge in [-0.05, 0) is 18.2 Å². The molecule has 0 saturated heterocycles. The second-order valence-electron chi connectivity index (χ2n) is 6.69. The second kappa shape index (κ2) is 8.93. The number of carbonyl (C=O) groups excluding carboxylic acids is 1. The van der Waals surface area contributed by atoms with Crippen molar-refractivity contribution in [3.8, 4) is 22.6 Å². The molecule has 0 atom stereocenters. The minimum absolute atomic E-state index is 0.149. The molecule has 1 N–H and O–H groups in total. The number of benzene rings is 3. The molecule has 0 bridgehead atoms. The Morgan fingerprint density at radius 1 is 0.967 bits per heavy atom. The summed E-state index contributed by atoms with van der Waals surface area (Å²) >= 11 is 5.96. The molecule has 0 aliphatic heterocycles. The maximum Gasteiger partial charge on any atom is 0.224 e. The van der Waals surface area contributed by atoms with Crippen molar-refractivity contribution in [2.75, 3.05) is 5.32 Å². The van der Waals surface area contributed by atoms with Crippen LogP contribution in [0.3, 0.4) is 0 Å². The summed E-state index contributed by atoms with van der Waals surface area (Å²) in [6.07, 6.45) is 0.466. The molecule has 4 nitrogen and oxygen atoms in total. The lowest BCUT2D eigenvalue weighted by Crippen LogP contribution is -2.12. The maximum atomic E-state index is 13.2. The van der Waals surface area contributed by atoms with Gasteiger partial charge in [0.1, 0.15) is 11.5 Å². The Morgan fingerprint density at radius 3 is 2.30 bits per heavy atom. The first-order valence-corrected chi connectivity index (χ1v) is 9.83. The van der Waals surface area contributed by atoms with E-state index < -0.39 is 5.82 Å². The van der Waals surface area contributed by atoms with Crippen molar-refractivity contribution in [1.82, 2.24) is 4.98 Å². The summed E-state index contributed by atoms with van der Waals surface area (Å²) in [5, 5.41) is 2.84. The highest BCUT2D eigenvalue weighted by Gasteiger charge is 2.17. The third-order valence-corrected chi connectivity index (χ3v) is 4.84. The molecule has 0 aliphatic carbocycles. The number of nitrogens with zero attached hydrogens (tertiary/aromatic N) is 1. The molecule has 150 valence electrons. The fraction of sp³-hybridized carbons (Fsp3) is 0.0833. The highest BCUT2D eigenvalue weighted by Crippen LogP contribution is 2.33. The first kappa shape index (κ1) is 19.9. The van der Waals surface area contributed by atoms with Crippen LogP contribution in [-0.2, 0) is 11.2 Å². The van der Waals surface area contributed by atoms with E-state index in [-0.39, 0.29) is 17.4 Å². The molecule has 30 heavy (non-hydrogen) atoms. The minimum atomic E-state index is -0.459. The van der Waals surface area contributed by atoms with Crippen LogP contribution in [0.25, 0.3) is 22.6 Å². The van der Waals surface area contributed by atoms with Crippen LogP contribution >= 0.6 is 11.6 Å². The summed E-state index contributed by atoms with van der Waals surface area (Å²) in [6.45, 7) is 0. The van der Waals surface area contributed by atoms with Gasteiger partial charge in [-0.3, -0.25) is 4.79 Å². The van der Waals surface area contributed by atoms with Crippen LogP contribution in [-0.4, -0.2) is 10.9 Å². The number of oxazole rings is 1. The van der Waals surface area contributed by atoms with E-state index in [1.165, 1.54) is 12.1 Å². The number of aromatic nitrogens is 1. The summed E-state index contributed by atoms with van der Waals surface area (Å²) < 4.78 is 19.2. The lowest BCUT2D eigenvalue weighted by Gasteiger charge is -2.06. The molecule has 0 fully saturated rings. The molecule has 1 aromatic heterocycles. The van der Waals surface area contributed by atoms with E-state index in [0.717, 1.165) is 22.9 Å². The lowest BCUT2D eigenvalue weighted by molar-refractivity contribution is -0.116. The van der Waals surface area contributed by atoms with Gasteiger partial charge in [-0.2, -0.15) is 0 Å². The van der Waals surface area contributed by atoms with Gasteiger partial charge >= 0.3 is 0 Å². The smallest absolute Gasteiger partial charge is 0.224 e. The van der Waals surface area contributed by atoms with Crippen LogP contribution in [0.2, 0.25) is 5.02 Å². The van der Waals surface area contributed by atoms with Crippen molar-refractivity contribution in [3.63, 3.8) is 0 Å². The van der Waals surface area contributed by atoms with Crippen LogP contribution in [0, 0.1) is 5.82 Å². The molecule has 0 radical (unpaired) electrons. The normalized spacial score (nSPS) is 10.7. The Bertz CT molecular complexity index is 1100. The van der Waals surface area contributed by atoms with Crippen molar-refractivity contribution in [2.45, 2.75) is 12.8 Å². The number of hydrogen-bond donors (Lipinski definition) is 1. The number of hydrogen-bond acceptors (Lipinski definition) is 3. The molecule has 0 spiro atoms. The van der Waals surface area contributed by atoms with Gasteiger partial charge in [0, 0.05) is 24.0 Å². The Kier molecular flexibility index (Phi) is 5.91. The highest BCUT2D eigenvalue weighted by atomic mass is 35.5. The largest absolute Gasteiger partial charge is 0.440 e. The molecule has 4 rings (SSSR count). The third kappa shape index (κ3) is 4.58. The number of halogens is 2. The predicted octanol–water partition coefficient (Wildman–Crippen LogP) is 6.37. The first-order valence-electron chi connectivity index (χ1n) is 9.45. The molecule has 1 heterocycles. The highest BCUT2D eigenvalue weighted by molar-refractivity contribution is 6.33. The molecule has 0 unspecified atom stereocenters. The second-order valence-corrected chi connectivity index (χ2v) is 7.10. The Labute approximate surface area is 178 Å². The topological polar surface area (TPSA) is 55.1 Å². The molecular weight excluding hydrogens is 403 g/mol. The van der Waals surface area contributed by atoms with Crippen LogP contribution in [0.1, 0.15) is 12.3 Å². The average molecular weight is 421 g/mol. The molecule has 0 saturated carbocycles. The van der Waals surface area contributed by atoms with Gasteiger partial charge in [-0.1, -0.05) is 72.3 Å². The SMILES string of the molecule is O=C(CCc1nc(-c2ccccc2)c(-c2ccccc2)o1)Nc1ccc(F)cc1Cl. The number of carbonyl (C=O) groups is 1. The van der Waals surface area contributed by atoms with Gasteiger partial charge < -0.3 is 9.73 Å². The van der Waals surface area contributed by atoms with E-state index in [1.807, 2.05) is 60.7 Å². The third-order valence-electron chi connectivity index (χ3n) is 4.53. The Morgan fingerprint density at radius 2 is 1.63 bits per heavy atom. The predicted molar refractivity (Wildman–Crippen MR) is 116 cm³/mol. The monoisotopic (exact) mass is 420 g/mol. The fourth-order valence-electron chi connectivity index (χ4n) is 3.07. The van der Waals surface area contributed by atoms with Crippen molar-refractivity contribution < 1.29 is 13.6 Å². The van der Waals surface area contributed by atoms with Crippen LogP contribution < -0.4 is 5.32 Å². The number of amides is 1. The van der Waals surface area contributed by atoms with Crippen molar-refractivity contribution >= 4 is 23.2 Å². The molecule has 0 aliphatic rings. The van der Waals surface area contributed by atoms with Gasteiger partial charge in [0.15, 0.2) is 11.7 Å². The summed E-state index contributed by atoms with van der Waals surface area (Å²) in [7, 11) is 0. The summed E-state index contributed by atoms with van der Waals surface area (Å²) in [5.41, 5.74) is 2.95. The van der Waals surface area contributed by atoms with Gasteiger partial charge in [0.25, 0.3) is 0 Å². The minimum Gasteiger partial charge on any atom is -0.440 e. The van der Waals surface area contributed by atoms with Crippen LogP contribution in [0.5, 0.6) is 0 Å². The van der Waals surface area contributed by atoms with E-state index in [2.05, 4.69) is 10.3 Å². The number of aryl methyl sites for hydroxylation is 1. The molecule has 3 aromatic carbocycles. The van der Waals surface area contributed by atoms with Gasteiger partial charge in [0.05, 0.1) is 10.7 Å². The van der Waals surface area contributed by atoms with Gasteiger partial charge in [0.2, 0.25) is 5.91 Å². The van der Waals surface area contributed by atoms with Gasteiger partial charge in [-0.25, -0.2) is 9.37 Å². The Balaban J connectivity index is 1.53. The standard InChI is InChI=1S/C24H18ClFN2O2/c25-19-15-18(26)11-12-20(19)27-21(29)13-14-22-28-23(16-7-3-1-4-8-16)24(30-22)17-9-5-2-6-10-17/h1-12,15H,13-14H2,(H,27,29). The molecular formula is C24H18ClFN2O2. The Hall–Kier alpha value is -3.44. The molecule has 6 heteroatoms. The summed E-state index contributed by atoms with van der Waals surface area (Å²) in [6, 6.07) is 23.3. The zero-order valence-electron chi connectivity index (χ0n) is 15.9. The van der Waals surface area contributed by atoms with E-state index in [1.54, 1.807) is 0 Å². The zero-order valence-corrected chi connectivity index (χ0v) is 16.7. The summed E-state index contributed by atoms with van der Waals surface area (Å²) in [5.74, 6) is 0.413. The van der Waals surface area contributed by atoms with Crippen molar-refractivity contribution in [1.29, 1.82) is 0 Å². The number of nitrogens with one attached hydrogen (secondary N) is 1. The quantitative estimate of drug-likeness (QED) is 0.394. The molecule has 4 aromatic rings. The van der Waals surface area contributed by atoms with Crippen molar-refractivity contribution in [2.24, 2.45) is 0 Å².